The smallest absolute Gasteiger partial charge is 0.407 e. The van der Waals surface area contributed by atoms with E-state index in [-0.39, 0.29) is 11.1 Å². The van der Waals surface area contributed by atoms with Gasteiger partial charge in [0.15, 0.2) is 9.76 Å². The molecule has 0 aromatic rings. The maximum absolute atomic E-state index is 11.3. The molecular formula is C13H27NO4Si. The summed E-state index contributed by atoms with van der Waals surface area (Å²) in [6.45, 7) is 10.7. The predicted molar refractivity (Wildman–Crippen MR) is 77.2 cm³/mol. The maximum Gasteiger partial charge on any atom is 0.407 e. The van der Waals surface area contributed by atoms with Crippen molar-refractivity contribution in [1.82, 2.24) is 4.90 Å². The second kappa shape index (κ2) is 5.81. The fourth-order valence-electron chi connectivity index (χ4n) is 2.33. The first-order valence-corrected chi connectivity index (χ1v) is 8.13. The van der Waals surface area contributed by atoms with E-state index < -0.39 is 27.6 Å². The standard InChI is InChI=1S/C13H27NO4Si/c1-12(2,3)19-18-13(4,5)10-8-9(15)6-7-14(10)11(16)17/h9-10,15H,6-8,19H2,1-5H3,(H,16,17)/t9-,10+/m1/s1. The van der Waals surface area contributed by atoms with E-state index in [9.17, 15) is 15.0 Å². The number of hydrogen-bond donors (Lipinski definition) is 2. The van der Waals surface area contributed by atoms with Crippen LogP contribution in [-0.2, 0) is 4.43 Å². The molecule has 1 heterocycles. The van der Waals surface area contributed by atoms with E-state index in [1.807, 2.05) is 13.8 Å². The van der Waals surface area contributed by atoms with Gasteiger partial charge in [0.1, 0.15) is 0 Å². The normalized spacial score (nSPS) is 26.1. The molecule has 0 aromatic carbocycles. The van der Waals surface area contributed by atoms with Crippen molar-refractivity contribution in [3.05, 3.63) is 0 Å². The minimum atomic E-state index is -0.925. The van der Waals surface area contributed by atoms with Crippen molar-refractivity contribution in [3.63, 3.8) is 0 Å². The Morgan fingerprint density at radius 1 is 1.32 bits per heavy atom. The van der Waals surface area contributed by atoms with Gasteiger partial charge in [-0.05, 0) is 31.7 Å². The lowest BCUT2D eigenvalue weighted by Crippen LogP contribution is -2.58. The van der Waals surface area contributed by atoms with Crippen LogP contribution >= 0.6 is 0 Å². The highest BCUT2D eigenvalue weighted by Crippen LogP contribution is 2.31. The van der Waals surface area contributed by atoms with Crippen molar-refractivity contribution in [2.75, 3.05) is 6.54 Å². The zero-order valence-electron chi connectivity index (χ0n) is 12.6. The fourth-order valence-corrected chi connectivity index (χ4v) is 3.33. The summed E-state index contributed by atoms with van der Waals surface area (Å²) in [5.41, 5.74) is -0.542. The SMILES string of the molecule is CC(C)(C)[SiH2]OC(C)(C)[C@@H]1C[C@H](O)CCN1C(=O)O. The zero-order chi connectivity index (χ0) is 14.8. The summed E-state index contributed by atoms with van der Waals surface area (Å²) in [6, 6.07) is -0.274. The van der Waals surface area contributed by atoms with Crippen LogP contribution in [0.15, 0.2) is 0 Å². The van der Waals surface area contributed by atoms with Crippen LogP contribution in [0.3, 0.4) is 0 Å². The van der Waals surface area contributed by atoms with Crippen LogP contribution in [-0.4, -0.2) is 55.3 Å². The van der Waals surface area contributed by atoms with Crippen LogP contribution in [0.25, 0.3) is 0 Å². The van der Waals surface area contributed by atoms with Gasteiger partial charge in [-0.2, -0.15) is 0 Å². The summed E-state index contributed by atoms with van der Waals surface area (Å²) in [4.78, 5) is 12.7. The number of likely N-dealkylation sites (tertiary alicyclic amines) is 1. The summed E-state index contributed by atoms with van der Waals surface area (Å²) in [6.07, 6.45) is -0.390. The first-order chi connectivity index (χ1) is 8.53. The van der Waals surface area contributed by atoms with Crippen LogP contribution < -0.4 is 0 Å². The number of piperidine rings is 1. The molecule has 6 heteroatoms. The molecule has 19 heavy (non-hydrogen) atoms. The van der Waals surface area contributed by atoms with Gasteiger partial charge in [0.05, 0.1) is 17.7 Å². The van der Waals surface area contributed by atoms with Crippen LogP contribution in [0.4, 0.5) is 4.79 Å². The van der Waals surface area contributed by atoms with Gasteiger partial charge in [-0.25, -0.2) is 4.79 Å². The van der Waals surface area contributed by atoms with Crippen LogP contribution in [0, 0.1) is 0 Å². The molecule has 0 unspecified atom stereocenters. The van der Waals surface area contributed by atoms with Crippen molar-refractivity contribution in [2.24, 2.45) is 0 Å². The average molecular weight is 289 g/mol. The molecule has 2 atom stereocenters. The Labute approximate surface area is 117 Å². The highest BCUT2D eigenvalue weighted by Gasteiger charge is 2.41. The first-order valence-electron chi connectivity index (χ1n) is 6.84. The van der Waals surface area contributed by atoms with E-state index in [0.717, 1.165) is 0 Å². The molecule has 5 nitrogen and oxygen atoms in total. The van der Waals surface area contributed by atoms with E-state index in [1.54, 1.807) is 0 Å². The van der Waals surface area contributed by atoms with Crippen LogP contribution in [0.2, 0.25) is 5.04 Å². The Bertz CT molecular complexity index is 327. The average Bonchev–Trinajstić information content (AvgIpc) is 2.25. The third-order valence-corrected chi connectivity index (χ3v) is 5.25. The summed E-state index contributed by atoms with van der Waals surface area (Å²) in [5.74, 6) is 0. The van der Waals surface area contributed by atoms with Gasteiger partial charge in [-0.15, -0.1) is 0 Å². The Morgan fingerprint density at radius 2 is 1.89 bits per heavy atom. The minimum Gasteiger partial charge on any atom is -0.465 e. The molecule has 1 aliphatic heterocycles. The monoisotopic (exact) mass is 289 g/mol. The minimum absolute atomic E-state index is 0.165. The molecule has 1 amide bonds. The summed E-state index contributed by atoms with van der Waals surface area (Å²) < 4.78 is 6.08. The third kappa shape index (κ3) is 4.78. The van der Waals surface area contributed by atoms with Crippen LogP contribution in [0.1, 0.15) is 47.5 Å². The molecule has 0 aliphatic carbocycles. The van der Waals surface area contributed by atoms with Gasteiger partial charge in [0.2, 0.25) is 0 Å². The van der Waals surface area contributed by atoms with Crippen molar-refractivity contribution in [3.8, 4) is 0 Å². The third-order valence-electron chi connectivity index (χ3n) is 3.50. The van der Waals surface area contributed by atoms with E-state index >= 15 is 0 Å². The van der Waals surface area contributed by atoms with Crippen molar-refractivity contribution < 1.29 is 19.4 Å². The molecular weight excluding hydrogens is 262 g/mol. The fraction of sp³-hybridized carbons (Fsp3) is 0.923. The summed E-state index contributed by atoms with van der Waals surface area (Å²) >= 11 is 0. The van der Waals surface area contributed by atoms with Gasteiger partial charge >= 0.3 is 6.09 Å². The highest BCUT2D eigenvalue weighted by atomic mass is 28.2. The highest BCUT2D eigenvalue weighted by molar-refractivity contribution is 6.31. The Hall–Kier alpha value is -0.593. The molecule has 1 fully saturated rings. The van der Waals surface area contributed by atoms with E-state index in [0.29, 0.717) is 19.4 Å². The lowest BCUT2D eigenvalue weighted by molar-refractivity contribution is -0.0430. The largest absolute Gasteiger partial charge is 0.465 e. The number of aliphatic hydroxyl groups excluding tert-OH is 1. The Kier molecular flexibility index (Phi) is 5.03. The Balaban J connectivity index is 2.79. The maximum atomic E-state index is 11.3. The van der Waals surface area contributed by atoms with Crippen molar-refractivity contribution in [1.29, 1.82) is 0 Å². The van der Waals surface area contributed by atoms with Gasteiger partial charge in [-0.3, -0.25) is 0 Å². The molecule has 2 N–H and O–H groups in total. The predicted octanol–water partition coefficient (Wildman–Crippen LogP) is 1.59. The second-order valence-corrected chi connectivity index (χ2v) is 9.82. The van der Waals surface area contributed by atoms with Crippen molar-refractivity contribution in [2.45, 2.75) is 70.2 Å². The molecule has 1 saturated heterocycles. The molecule has 1 rings (SSSR count). The molecule has 0 radical (unpaired) electrons. The van der Waals surface area contributed by atoms with Gasteiger partial charge in [0, 0.05) is 6.54 Å². The molecule has 0 spiro atoms. The van der Waals surface area contributed by atoms with Crippen molar-refractivity contribution >= 4 is 15.9 Å². The van der Waals surface area contributed by atoms with Gasteiger partial charge in [-0.1, -0.05) is 20.8 Å². The Morgan fingerprint density at radius 3 is 2.37 bits per heavy atom. The topological polar surface area (TPSA) is 70.0 Å². The lowest BCUT2D eigenvalue weighted by atomic mass is 9.88. The molecule has 1 aliphatic rings. The van der Waals surface area contributed by atoms with Gasteiger partial charge in [0.25, 0.3) is 0 Å². The van der Waals surface area contributed by atoms with Crippen LogP contribution in [0.5, 0.6) is 0 Å². The van der Waals surface area contributed by atoms with E-state index in [4.69, 9.17) is 4.43 Å². The number of aliphatic hydroxyl groups is 1. The second-order valence-electron chi connectivity index (χ2n) is 7.12. The molecule has 0 bridgehead atoms. The molecule has 0 saturated carbocycles. The number of carbonyl (C=O) groups is 1. The lowest BCUT2D eigenvalue weighted by Gasteiger charge is -2.45. The number of carboxylic acid groups (broad SMARTS) is 1. The van der Waals surface area contributed by atoms with Gasteiger partial charge < -0.3 is 19.5 Å². The molecule has 0 aromatic heterocycles. The number of amides is 1. The number of nitrogens with zero attached hydrogens (tertiary/aromatic N) is 1. The van der Waals surface area contributed by atoms with E-state index in [1.165, 1.54) is 4.90 Å². The number of hydrogen-bond acceptors (Lipinski definition) is 3. The molecule has 112 valence electrons. The van der Waals surface area contributed by atoms with E-state index in [2.05, 4.69) is 20.8 Å². The zero-order valence-corrected chi connectivity index (χ0v) is 14.1. The first kappa shape index (κ1) is 16.5. The number of rotatable bonds is 3. The quantitative estimate of drug-likeness (QED) is 0.774. The summed E-state index contributed by atoms with van der Waals surface area (Å²) in [5, 5.41) is 19.3. The summed E-state index contributed by atoms with van der Waals surface area (Å²) in [7, 11) is -0.765.